The minimum absolute atomic E-state index is 0.246. The number of hydrogen-bond donors (Lipinski definition) is 0. The lowest BCUT2D eigenvalue weighted by atomic mass is 10.2. The predicted molar refractivity (Wildman–Crippen MR) is 103 cm³/mol. The van der Waals surface area contributed by atoms with Crippen molar-refractivity contribution in [3.8, 4) is 5.75 Å². The molecule has 2 heterocycles. The molecule has 0 N–H and O–H groups in total. The van der Waals surface area contributed by atoms with E-state index >= 15 is 0 Å². The zero-order valence-electron chi connectivity index (χ0n) is 13.0. The van der Waals surface area contributed by atoms with E-state index in [2.05, 4.69) is 38.5 Å². The second-order valence-electron chi connectivity index (χ2n) is 5.53. The van der Waals surface area contributed by atoms with E-state index in [-0.39, 0.29) is 6.29 Å². The van der Waals surface area contributed by atoms with Gasteiger partial charge in [-0.2, -0.15) is 0 Å². The van der Waals surface area contributed by atoms with Gasteiger partial charge in [-0.3, -0.25) is 0 Å². The molecule has 7 heteroatoms. The van der Waals surface area contributed by atoms with E-state index in [1.165, 1.54) is 6.07 Å². The third kappa shape index (κ3) is 4.71. The van der Waals surface area contributed by atoms with Crippen LogP contribution in [0, 0.1) is 0 Å². The molecule has 0 bridgehead atoms. The number of halogens is 2. The van der Waals surface area contributed by atoms with Gasteiger partial charge in [-0.1, -0.05) is 38.5 Å². The summed E-state index contributed by atoms with van der Waals surface area (Å²) in [5.74, 6) is 0.466. The molecular formula is C17H18BrIO5. The highest BCUT2D eigenvalue weighted by Gasteiger charge is 2.22. The highest BCUT2D eigenvalue weighted by atomic mass is 127. The topological polar surface area (TPSA) is 57.9 Å². The van der Waals surface area contributed by atoms with Crippen molar-refractivity contribution in [3.05, 3.63) is 39.2 Å². The molecule has 1 aliphatic heterocycles. The van der Waals surface area contributed by atoms with Crippen molar-refractivity contribution in [1.29, 1.82) is 0 Å². The van der Waals surface area contributed by atoms with Gasteiger partial charge in [0.2, 0.25) is 6.29 Å². The first-order valence-electron chi connectivity index (χ1n) is 7.89. The summed E-state index contributed by atoms with van der Waals surface area (Å²) < 4.78 is 24.6. The van der Waals surface area contributed by atoms with E-state index in [1.54, 1.807) is 6.07 Å². The zero-order chi connectivity index (χ0) is 16.9. The molecule has 0 radical (unpaired) electrons. The van der Waals surface area contributed by atoms with Crippen molar-refractivity contribution in [2.24, 2.45) is 0 Å². The Kier molecular flexibility index (Phi) is 6.54. The molecule has 2 atom stereocenters. The van der Waals surface area contributed by atoms with Crippen LogP contribution < -0.4 is 10.4 Å². The number of rotatable bonds is 6. The van der Waals surface area contributed by atoms with Crippen molar-refractivity contribution < 1.29 is 18.6 Å². The van der Waals surface area contributed by atoms with E-state index in [0.29, 0.717) is 24.4 Å². The Morgan fingerprint density at radius 1 is 1.33 bits per heavy atom. The summed E-state index contributed by atoms with van der Waals surface area (Å²) in [6.45, 7) is 0.715. The fraction of sp³-hybridized carbons (Fsp3) is 0.471. The average molecular weight is 509 g/mol. The number of fused-ring (bicyclic) bond motifs is 1. The number of alkyl halides is 1. The maximum atomic E-state index is 11.8. The number of hydrogen-bond acceptors (Lipinski definition) is 5. The van der Waals surface area contributed by atoms with Crippen molar-refractivity contribution >= 4 is 49.5 Å². The SMILES string of the molecule is O=c1cc(OC(CCI)OC2CCCCO2)c2cc(Br)ccc2o1. The fourth-order valence-electron chi connectivity index (χ4n) is 2.58. The molecule has 1 fully saturated rings. The lowest BCUT2D eigenvalue weighted by molar-refractivity contribution is -0.231. The standard InChI is InChI=1S/C17H18BrIO5/c18-11-4-5-13-12(9-11)14(10-15(20)22-13)23-17(6-7-19)24-16-3-1-2-8-21-16/h4-5,9-10,16-17H,1-3,6-8H2. The molecule has 1 aliphatic rings. The van der Waals surface area contributed by atoms with E-state index in [9.17, 15) is 4.79 Å². The third-order valence-electron chi connectivity index (χ3n) is 3.71. The predicted octanol–water partition coefficient (Wildman–Crippen LogP) is 4.63. The molecule has 5 nitrogen and oxygen atoms in total. The first-order chi connectivity index (χ1) is 11.7. The number of benzene rings is 1. The van der Waals surface area contributed by atoms with Crippen LogP contribution in [0.15, 0.2) is 37.9 Å². The summed E-state index contributed by atoms with van der Waals surface area (Å²) in [5, 5.41) is 0.732. The summed E-state index contributed by atoms with van der Waals surface area (Å²) in [4.78, 5) is 11.8. The Balaban J connectivity index is 1.84. The smallest absolute Gasteiger partial charge is 0.339 e. The van der Waals surface area contributed by atoms with Gasteiger partial charge in [0.25, 0.3) is 0 Å². The fourth-order valence-corrected chi connectivity index (χ4v) is 3.45. The molecule has 1 saturated heterocycles. The molecule has 2 aromatic rings. The molecule has 130 valence electrons. The summed E-state index contributed by atoms with van der Waals surface area (Å²) in [5.41, 5.74) is 0.0461. The van der Waals surface area contributed by atoms with Gasteiger partial charge in [0.15, 0.2) is 6.29 Å². The van der Waals surface area contributed by atoms with Crippen molar-refractivity contribution in [2.75, 3.05) is 11.0 Å². The average Bonchev–Trinajstić information content (AvgIpc) is 2.56. The quantitative estimate of drug-likeness (QED) is 0.246. The molecule has 24 heavy (non-hydrogen) atoms. The maximum Gasteiger partial charge on any atom is 0.339 e. The maximum absolute atomic E-state index is 11.8. The third-order valence-corrected chi connectivity index (χ3v) is 4.83. The van der Waals surface area contributed by atoms with Crippen LogP contribution in [-0.4, -0.2) is 23.6 Å². The Morgan fingerprint density at radius 2 is 2.21 bits per heavy atom. The van der Waals surface area contributed by atoms with Gasteiger partial charge in [0.05, 0.1) is 11.5 Å². The molecule has 0 aliphatic carbocycles. The van der Waals surface area contributed by atoms with Crippen LogP contribution in [0.25, 0.3) is 11.0 Å². The van der Waals surface area contributed by atoms with Gasteiger partial charge in [-0.25, -0.2) is 4.79 Å². The Labute approximate surface area is 161 Å². The molecule has 1 aromatic carbocycles. The van der Waals surface area contributed by atoms with Crippen LogP contribution in [0.4, 0.5) is 0 Å². The van der Waals surface area contributed by atoms with Gasteiger partial charge < -0.3 is 18.6 Å². The lowest BCUT2D eigenvalue weighted by Gasteiger charge is -2.28. The van der Waals surface area contributed by atoms with Gasteiger partial charge in [-0.15, -0.1) is 0 Å². The second-order valence-corrected chi connectivity index (χ2v) is 7.52. The summed E-state index contributed by atoms with van der Waals surface area (Å²) in [6.07, 6.45) is 3.02. The Hall–Kier alpha value is -0.640. The molecule has 3 rings (SSSR count). The molecule has 1 aromatic heterocycles. The molecule has 0 saturated carbocycles. The van der Waals surface area contributed by atoms with E-state index in [4.69, 9.17) is 18.6 Å². The monoisotopic (exact) mass is 508 g/mol. The highest BCUT2D eigenvalue weighted by Crippen LogP contribution is 2.29. The minimum atomic E-state index is -0.464. The lowest BCUT2D eigenvalue weighted by Crippen LogP contribution is -2.31. The first kappa shape index (κ1) is 18.2. The molecular weight excluding hydrogens is 491 g/mol. The Morgan fingerprint density at radius 3 is 2.96 bits per heavy atom. The molecule has 2 unspecified atom stereocenters. The summed E-state index contributed by atoms with van der Waals surface area (Å²) in [6, 6.07) is 6.79. The largest absolute Gasteiger partial charge is 0.464 e. The van der Waals surface area contributed by atoms with E-state index in [1.807, 2.05) is 12.1 Å². The molecule has 0 spiro atoms. The summed E-state index contributed by atoms with van der Waals surface area (Å²) in [7, 11) is 0. The number of ether oxygens (including phenoxy) is 3. The zero-order valence-corrected chi connectivity index (χ0v) is 16.7. The van der Waals surface area contributed by atoms with Gasteiger partial charge in [0.1, 0.15) is 11.3 Å². The highest BCUT2D eigenvalue weighted by molar-refractivity contribution is 14.1. The van der Waals surface area contributed by atoms with Crippen LogP contribution >= 0.6 is 38.5 Å². The van der Waals surface area contributed by atoms with Crippen LogP contribution in [0.2, 0.25) is 0 Å². The Bertz CT molecular complexity index is 741. The van der Waals surface area contributed by atoms with Crippen molar-refractivity contribution in [1.82, 2.24) is 0 Å². The minimum Gasteiger partial charge on any atom is -0.464 e. The van der Waals surface area contributed by atoms with Gasteiger partial charge in [-0.05, 0) is 37.5 Å². The van der Waals surface area contributed by atoms with Gasteiger partial charge >= 0.3 is 5.63 Å². The van der Waals surface area contributed by atoms with Crippen LogP contribution in [0.1, 0.15) is 25.7 Å². The van der Waals surface area contributed by atoms with E-state index in [0.717, 1.165) is 33.5 Å². The van der Waals surface area contributed by atoms with Gasteiger partial charge in [0, 0.05) is 21.9 Å². The van der Waals surface area contributed by atoms with Crippen molar-refractivity contribution in [2.45, 2.75) is 38.3 Å². The van der Waals surface area contributed by atoms with E-state index < -0.39 is 11.9 Å². The normalized spacial score (nSPS) is 19.3. The van der Waals surface area contributed by atoms with Crippen molar-refractivity contribution in [3.63, 3.8) is 0 Å². The van der Waals surface area contributed by atoms with Crippen LogP contribution in [-0.2, 0) is 9.47 Å². The van der Waals surface area contributed by atoms with Crippen LogP contribution in [0.5, 0.6) is 5.75 Å². The summed E-state index contributed by atoms with van der Waals surface area (Å²) >= 11 is 5.71. The first-order valence-corrected chi connectivity index (χ1v) is 10.2. The second kappa shape index (κ2) is 8.64. The molecule has 0 amide bonds. The van der Waals surface area contributed by atoms with Crippen LogP contribution in [0.3, 0.4) is 0 Å².